The first-order chi connectivity index (χ1) is 14.8. The van der Waals surface area contributed by atoms with Gasteiger partial charge in [-0.05, 0) is 32.1 Å². The summed E-state index contributed by atoms with van der Waals surface area (Å²) in [6.07, 6.45) is 26.2. The molecule has 0 rings (SSSR count). The molecule has 0 unspecified atom stereocenters. The first-order valence-electron chi connectivity index (χ1n) is 13.6. The van der Waals surface area contributed by atoms with E-state index in [4.69, 9.17) is 9.79 Å². The quantitative estimate of drug-likeness (QED) is 0.0866. The second-order valence-corrected chi connectivity index (χ2v) is 12.3. The molecule has 0 bridgehead atoms. The topological polar surface area (TPSA) is 57.5 Å². The molecule has 0 aliphatic heterocycles. The number of quaternary nitrogens is 1. The fraction of sp³-hybridized carbons (Fsp3) is 1.00. The molecule has 0 aromatic carbocycles. The lowest BCUT2D eigenvalue weighted by Gasteiger charge is -2.30. The molecule has 5 heteroatoms. The molecule has 4 nitrogen and oxygen atoms in total. The smallest absolute Gasteiger partial charge is 0.325 e. The number of hydrogen-bond donors (Lipinski definition) is 2. The van der Waals surface area contributed by atoms with Gasteiger partial charge in [0.2, 0.25) is 0 Å². The minimum atomic E-state index is -3.77. The molecule has 0 radical (unpaired) electrons. The average Bonchev–Trinajstić information content (AvgIpc) is 2.69. The van der Waals surface area contributed by atoms with Gasteiger partial charge in [0.15, 0.2) is 0 Å². The van der Waals surface area contributed by atoms with Crippen molar-refractivity contribution < 1.29 is 18.8 Å². The lowest BCUT2D eigenvalue weighted by Crippen LogP contribution is -2.41. The van der Waals surface area contributed by atoms with Gasteiger partial charge in [-0.15, -0.1) is 0 Å². The van der Waals surface area contributed by atoms with Crippen LogP contribution in [0.25, 0.3) is 0 Å². The van der Waals surface area contributed by atoms with Crippen LogP contribution in [-0.4, -0.2) is 47.6 Å². The van der Waals surface area contributed by atoms with Gasteiger partial charge in [-0.25, -0.2) is 0 Å². The fourth-order valence-corrected chi connectivity index (χ4v) is 5.05. The third-order valence-electron chi connectivity index (χ3n) is 6.58. The van der Waals surface area contributed by atoms with E-state index in [-0.39, 0.29) is 6.16 Å². The summed E-state index contributed by atoms with van der Waals surface area (Å²) in [7, 11) is 1.03. The van der Waals surface area contributed by atoms with Crippen molar-refractivity contribution in [1.82, 2.24) is 0 Å². The van der Waals surface area contributed by atoms with Crippen LogP contribution < -0.4 is 0 Å². The van der Waals surface area contributed by atoms with Crippen molar-refractivity contribution in [3.8, 4) is 0 Å². The Labute approximate surface area is 195 Å². The molecule has 0 aromatic heterocycles. The molecule has 0 saturated carbocycles. The van der Waals surface area contributed by atoms with Gasteiger partial charge in [0.05, 0.1) is 27.2 Å². The van der Waals surface area contributed by atoms with Gasteiger partial charge in [0, 0.05) is 6.16 Å². The van der Waals surface area contributed by atoms with Crippen molar-refractivity contribution in [2.75, 3.05) is 33.3 Å². The Bertz CT molecular complexity index is 423. The van der Waals surface area contributed by atoms with E-state index < -0.39 is 7.60 Å². The maximum atomic E-state index is 10.8. The van der Waals surface area contributed by atoms with Crippen LogP contribution in [-0.2, 0) is 4.57 Å². The van der Waals surface area contributed by atoms with E-state index in [9.17, 15) is 4.57 Å². The fourth-order valence-electron chi connectivity index (χ4n) is 4.41. The Morgan fingerprint density at radius 3 is 1.13 bits per heavy atom. The molecular formula is C26H57NO3P+. The molecule has 2 N–H and O–H groups in total. The molecule has 0 fully saturated rings. The van der Waals surface area contributed by atoms with Crippen molar-refractivity contribution in [2.24, 2.45) is 0 Å². The van der Waals surface area contributed by atoms with Crippen LogP contribution in [0.5, 0.6) is 0 Å². The van der Waals surface area contributed by atoms with Crippen LogP contribution >= 0.6 is 7.60 Å². The Balaban J connectivity index is 3.34. The zero-order valence-corrected chi connectivity index (χ0v) is 22.4. The zero-order chi connectivity index (χ0) is 23.3. The van der Waals surface area contributed by atoms with Crippen molar-refractivity contribution >= 4 is 7.60 Å². The lowest BCUT2D eigenvalue weighted by molar-refractivity contribution is -0.890. The summed E-state index contributed by atoms with van der Waals surface area (Å²) in [5, 5.41) is 0. The third-order valence-corrected chi connectivity index (χ3v) is 7.48. The molecule has 0 aliphatic carbocycles. The highest BCUT2D eigenvalue weighted by Crippen LogP contribution is 2.35. The van der Waals surface area contributed by atoms with Gasteiger partial charge in [0.25, 0.3) is 0 Å². The molecule has 31 heavy (non-hydrogen) atoms. The van der Waals surface area contributed by atoms with E-state index in [1.165, 1.54) is 127 Å². The van der Waals surface area contributed by atoms with Gasteiger partial charge in [0.1, 0.15) is 0 Å². The Kier molecular flexibility index (Phi) is 20.8. The highest BCUT2D eigenvalue weighted by atomic mass is 31.2. The van der Waals surface area contributed by atoms with Gasteiger partial charge in [-0.1, -0.05) is 103 Å². The Morgan fingerprint density at radius 2 is 0.806 bits per heavy atom. The van der Waals surface area contributed by atoms with E-state index in [0.717, 1.165) is 12.8 Å². The summed E-state index contributed by atoms with van der Waals surface area (Å²) >= 11 is 0. The number of hydrogen-bond acceptors (Lipinski definition) is 1. The monoisotopic (exact) mass is 462 g/mol. The highest BCUT2D eigenvalue weighted by Gasteiger charge is 2.13. The molecule has 0 aliphatic rings. The number of rotatable bonds is 24. The maximum absolute atomic E-state index is 10.8. The van der Waals surface area contributed by atoms with Crippen LogP contribution in [0.1, 0.15) is 135 Å². The van der Waals surface area contributed by atoms with Gasteiger partial charge in [-0.3, -0.25) is 4.57 Å². The molecular weight excluding hydrogens is 405 g/mol. The van der Waals surface area contributed by atoms with E-state index >= 15 is 0 Å². The molecule has 0 atom stereocenters. The molecule has 0 spiro atoms. The minimum Gasteiger partial charge on any atom is -0.328 e. The first kappa shape index (κ1) is 31.1. The third kappa shape index (κ3) is 26.2. The van der Waals surface area contributed by atoms with Gasteiger partial charge >= 0.3 is 7.60 Å². The molecule has 0 aromatic rings. The predicted molar refractivity (Wildman–Crippen MR) is 137 cm³/mol. The predicted octanol–water partition coefficient (Wildman–Crippen LogP) is 8.06. The van der Waals surface area contributed by atoms with Crippen LogP contribution in [0, 0.1) is 0 Å². The Morgan fingerprint density at radius 1 is 0.516 bits per heavy atom. The van der Waals surface area contributed by atoms with Crippen LogP contribution in [0.4, 0.5) is 0 Å². The number of unbranched alkanes of at least 4 members (excludes halogenated alkanes) is 18. The largest absolute Gasteiger partial charge is 0.328 e. The van der Waals surface area contributed by atoms with Crippen molar-refractivity contribution in [3.63, 3.8) is 0 Å². The standard InChI is InChI=1S/C26H56NO3P/c1-4-5-6-7-8-9-12-15-18-21-24-27(2,3)25-22-19-16-13-10-11-14-17-20-23-26-31(28,29)30/h4-26H2,1-3H3,(H-,28,29,30)/p+1. The maximum Gasteiger partial charge on any atom is 0.325 e. The van der Waals surface area contributed by atoms with Crippen LogP contribution in [0.2, 0.25) is 0 Å². The van der Waals surface area contributed by atoms with Crippen molar-refractivity contribution in [1.29, 1.82) is 0 Å². The SMILES string of the molecule is CCCCCCCCCCCC[N+](C)(C)CCCCCCCCCCCCP(=O)(O)O. The molecule has 188 valence electrons. The van der Waals surface area contributed by atoms with Crippen LogP contribution in [0.15, 0.2) is 0 Å². The van der Waals surface area contributed by atoms with Crippen molar-refractivity contribution in [3.05, 3.63) is 0 Å². The molecule has 0 saturated heterocycles. The second kappa shape index (κ2) is 20.7. The molecule has 0 amide bonds. The van der Waals surface area contributed by atoms with E-state index in [1.807, 2.05) is 0 Å². The van der Waals surface area contributed by atoms with Crippen LogP contribution in [0.3, 0.4) is 0 Å². The summed E-state index contributed by atoms with van der Waals surface area (Å²) < 4.78 is 12.0. The summed E-state index contributed by atoms with van der Waals surface area (Å²) in [6.45, 7) is 4.94. The minimum absolute atomic E-state index is 0.0566. The summed E-state index contributed by atoms with van der Waals surface area (Å²) in [4.78, 5) is 17.7. The normalized spacial score (nSPS) is 12.5. The van der Waals surface area contributed by atoms with Gasteiger partial charge < -0.3 is 14.3 Å². The Hall–Kier alpha value is 0.110. The highest BCUT2D eigenvalue weighted by molar-refractivity contribution is 7.51. The number of nitrogens with zero attached hydrogens (tertiary/aromatic N) is 1. The summed E-state index contributed by atoms with van der Waals surface area (Å²) in [6, 6.07) is 0. The van der Waals surface area contributed by atoms with E-state index in [1.54, 1.807) is 0 Å². The zero-order valence-electron chi connectivity index (χ0n) is 21.5. The average molecular weight is 463 g/mol. The van der Waals surface area contributed by atoms with E-state index in [2.05, 4.69) is 21.0 Å². The van der Waals surface area contributed by atoms with Crippen molar-refractivity contribution in [2.45, 2.75) is 135 Å². The first-order valence-corrected chi connectivity index (χ1v) is 15.4. The van der Waals surface area contributed by atoms with E-state index in [0.29, 0.717) is 6.42 Å². The second-order valence-electron chi connectivity index (χ2n) is 10.5. The summed E-state index contributed by atoms with van der Waals surface area (Å²) in [5.74, 6) is 0. The molecule has 0 heterocycles. The lowest BCUT2D eigenvalue weighted by atomic mass is 10.1. The van der Waals surface area contributed by atoms with Gasteiger partial charge in [-0.2, -0.15) is 0 Å². The summed E-state index contributed by atoms with van der Waals surface area (Å²) in [5.41, 5.74) is 0.